The van der Waals surface area contributed by atoms with Crippen molar-refractivity contribution in [2.75, 3.05) is 6.61 Å². The molecule has 136 valence electrons. The first-order valence-electron chi connectivity index (χ1n) is 7.79. The first-order valence-corrected chi connectivity index (χ1v) is 9.55. The van der Waals surface area contributed by atoms with E-state index in [0.717, 1.165) is 9.79 Å². The second-order valence-electron chi connectivity index (χ2n) is 5.45. The maximum absolute atomic E-state index is 10.6. The summed E-state index contributed by atoms with van der Waals surface area (Å²) < 4.78 is -0.527. The summed E-state index contributed by atoms with van der Waals surface area (Å²) >= 11 is 2.71. The summed E-state index contributed by atoms with van der Waals surface area (Å²) in [5, 5.41) is 49.1. The van der Waals surface area contributed by atoms with Crippen LogP contribution in [0.5, 0.6) is 0 Å². The number of hydrogen-bond acceptors (Lipinski definition) is 7. The Morgan fingerprint density at radius 1 is 0.640 bits per heavy atom. The van der Waals surface area contributed by atoms with Gasteiger partial charge in [-0.05, 0) is 24.3 Å². The van der Waals surface area contributed by atoms with Gasteiger partial charge in [0, 0.05) is 9.79 Å². The average Bonchev–Trinajstić information content (AvgIpc) is 2.66. The van der Waals surface area contributed by atoms with Gasteiger partial charge in [0.2, 0.25) is 0 Å². The minimum Gasteiger partial charge on any atom is -0.394 e. The molecule has 4 unspecified atom stereocenters. The lowest BCUT2D eigenvalue weighted by Gasteiger charge is -2.30. The van der Waals surface area contributed by atoms with Gasteiger partial charge >= 0.3 is 0 Å². The Kier molecular flexibility index (Phi) is 8.25. The monoisotopic (exact) mass is 382 g/mol. The van der Waals surface area contributed by atoms with Crippen LogP contribution in [0.25, 0.3) is 0 Å². The van der Waals surface area contributed by atoms with Crippen molar-refractivity contribution < 1.29 is 25.5 Å². The number of thioether (sulfide) groups is 2. The quantitative estimate of drug-likeness (QED) is 0.329. The van der Waals surface area contributed by atoms with Crippen LogP contribution in [0, 0.1) is 0 Å². The van der Waals surface area contributed by atoms with Crippen molar-refractivity contribution in [2.45, 2.75) is 38.8 Å². The lowest BCUT2D eigenvalue weighted by Crippen LogP contribution is -2.48. The van der Waals surface area contributed by atoms with Crippen LogP contribution in [0.2, 0.25) is 0 Å². The normalized spacial score (nSPS) is 16.4. The second-order valence-corrected chi connectivity index (χ2v) is 8.18. The zero-order chi connectivity index (χ0) is 18.2. The minimum atomic E-state index is -1.64. The third-order valence-electron chi connectivity index (χ3n) is 3.55. The van der Waals surface area contributed by atoms with E-state index in [1.807, 2.05) is 60.7 Å². The van der Waals surface area contributed by atoms with Gasteiger partial charge in [0.05, 0.1) is 11.2 Å². The molecule has 2 rings (SSSR count). The molecule has 0 aliphatic rings. The van der Waals surface area contributed by atoms with E-state index in [-0.39, 0.29) is 0 Å². The third-order valence-corrected chi connectivity index (χ3v) is 6.24. The highest BCUT2D eigenvalue weighted by Crippen LogP contribution is 2.38. The Morgan fingerprint density at radius 3 is 1.48 bits per heavy atom. The maximum Gasteiger partial charge on any atom is 0.111 e. The van der Waals surface area contributed by atoms with Gasteiger partial charge in [0.1, 0.15) is 24.4 Å². The third kappa shape index (κ3) is 6.00. The van der Waals surface area contributed by atoms with Gasteiger partial charge in [-0.25, -0.2) is 0 Å². The highest BCUT2D eigenvalue weighted by atomic mass is 32.2. The predicted octanol–water partition coefficient (Wildman–Crippen LogP) is 1.33. The molecule has 0 amide bonds. The molecule has 0 heterocycles. The molecule has 0 aliphatic carbocycles. The summed E-state index contributed by atoms with van der Waals surface area (Å²) in [6.45, 7) is -0.701. The fraction of sp³-hybridized carbons (Fsp3) is 0.333. The predicted molar refractivity (Wildman–Crippen MR) is 99.5 cm³/mol. The standard InChI is InChI=1S/C18H22O5S2/c19-11-14(20)15(21)16(22)17(23)18(24-12-7-3-1-4-8-12)25-13-9-5-2-6-10-13/h1-10,14-23H,11H2. The molecule has 0 saturated heterocycles. The van der Waals surface area contributed by atoms with Crippen molar-refractivity contribution >= 4 is 23.5 Å². The van der Waals surface area contributed by atoms with Crippen molar-refractivity contribution in [3.8, 4) is 0 Å². The highest BCUT2D eigenvalue weighted by Gasteiger charge is 2.35. The Hall–Kier alpha value is -1.06. The Bertz CT molecular complexity index is 572. The van der Waals surface area contributed by atoms with Crippen LogP contribution in [-0.4, -0.2) is 61.1 Å². The zero-order valence-electron chi connectivity index (χ0n) is 13.4. The van der Waals surface area contributed by atoms with Crippen molar-refractivity contribution in [2.24, 2.45) is 0 Å². The molecule has 0 aliphatic heterocycles. The fourth-order valence-electron chi connectivity index (χ4n) is 2.13. The molecule has 0 aromatic heterocycles. The minimum absolute atomic E-state index is 0.527. The van der Waals surface area contributed by atoms with Gasteiger partial charge in [-0.1, -0.05) is 36.4 Å². The molecule has 0 bridgehead atoms. The second kappa shape index (κ2) is 10.2. The number of aliphatic hydroxyl groups is 5. The van der Waals surface area contributed by atoms with Crippen molar-refractivity contribution in [3.05, 3.63) is 60.7 Å². The van der Waals surface area contributed by atoms with Gasteiger partial charge < -0.3 is 25.5 Å². The van der Waals surface area contributed by atoms with Crippen molar-refractivity contribution in [1.29, 1.82) is 0 Å². The van der Waals surface area contributed by atoms with E-state index in [1.54, 1.807) is 0 Å². The van der Waals surface area contributed by atoms with Crippen molar-refractivity contribution in [1.82, 2.24) is 0 Å². The van der Waals surface area contributed by atoms with E-state index >= 15 is 0 Å². The summed E-state index contributed by atoms with van der Waals surface area (Å²) in [7, 11) is 0. The van der Waals surface area contributed by atoms with E-state index in [0.29, 0.717) is 0 Å². The van der Waals surface area contributed by atoms with Crippen LogP contribution in [0.15, 0.2) is 70.5 Å². The van der Waals surface area contributed by atoms with Gasteiger partial charge in [-0.15, -0.1) is 23.5 Å². The maximum atomic E-state index is 10.6. The first-order chi connectivity index (χ1) is 12.0. The van der Waals surface area contributed by atoms with Crippen LogP contribution in [0.4, 0.5) is 0 Å². The molecular weight excluding hydrogens is 360 g/mol. The summed E-state index contributed by atoms with van der Waals surface area (Å²) in [5.41, 5.74) is 0. The molecule has 5 N–H and O–H groups in total. The van der Waals surface area contributed by atoms with E-state index in [2.05, 4.69) is 0 Å². The summed E-state index contributed by atoms with van der Waals surface area (Å²) in [6.07, 6.45) is -6.09. The van der Waals surface area contributed by atoms with Crippen LogP contribution in [0.1, 0.15) is 0 Å². The molecule has 7 heteroatoms. The van der Waals surface area contributed by atoms with E-state index in [4.69, 9.17) is 5.11 Å². The van der Waals surface area contributed by atoms with Crippen LogP contribution < -0.4 is 0 Å². The van der Waals surface area contributed by atoms with Gasteiger partial charge in [-0.3, -0.25) is 0 Å². The lowest BCUT2D eigenvalue weighted by molar-refractivity contribution is -0.111. The molecule has 25 heavy (non-hydrogen) atoms. The molecule has 4 atom stereocenters. The summed E-state index contributed by atoms with van der Waals surface area (Å²) in [4.78, 5) is 1.80. The number of benzene rings is 2. The first kappa shape index (κ1) is 20.3. The van der Waals surface area contributed by atoms with Crippen LogP contribution in [0.3, 0.4) is 0 Å². The number of aliphatic hydroxyl groups excluding tert-OH is 5. The molecule has 0 radical (unpaired) electrons. The Labute approximate surface area is 155 Å². The van der Waals surface area contributed by atoms with E-state index in [9.17, 15) is 20.4 Å². The van der Waals surface area contributed by atoms with E-state index < -0.39 is 35.6 Å². The molecule has 5 nitrogen and oxygen atoms in total. The Morgan fingerprint density at radius 2 is 1.08 bits per heavy atom. The average molecular weight is 383 g/mol. The zero-order valence-corrected chi connectivity index (χ0v) is 15.1. The van der Waals surface area contributed by atoms with Crippen LogP contribution in [-0.2, 0) is 0 Å². The fourth-order valence-corrected chi connectivity index (χ4v) is 4.75. The Balaban J connectivity index is 2.17. The molecule has 0 spiro atoms. The largest absolute Gasteiger partial charge is 0.394 e. The number of rotatable bonds is 9. The topological polar surface area (TPSA) is 101 Å². The van der Waals surface area contributed by atoms with Crippen LogP contribution >= 0.6 is 23.5 Å². The van der Waals surface area contributed by atoms with Gasteiger partial charge in [0.25, 0.3) is 0 Å². The lowest BCUT2D eigenvalue weighted by atomic mass is 10.0. The summed E-state index contributed by atoms with van der Waals surface area (Å²) in [6, 6.07) is 18.8. The van der Waals surface area contributed by atoms with E-state index in [1.165, 1.54) is 23.5 Å². The van der Waals surface area contributed by atoms with Gasteiger partial charge in [-0.2, -0.15) is 0 Å². The summed E-state index contributed by atoms with van der Waals surface area (Å²) in [5.74, 6) is 0. The highest BCUT2D eigenvalue weighted by molar-refractivity contribution is 8.17. The molecule has 2 aromatic carbocycles. The molecule has 2 aromatic rings. The van der Waals surface area contributed by atoms with Gasteiger partial charge in [0.15, 0.2) is 0 Å². The molecule has 0 fully saturated rings. The number of hydrogen-bond donors (Lipinski definition) is 5. The molecular formula is C18H22O5S2. The smallest absolute Gasteiger partial charge is 0.111 e. The van der Waals surface area contributed by atoms with Crippen molar-refractivity contribution in [3.63, 3.8) is 0 Å². The molecule has 0 saturated carbocycles. The SMILES string of the molecule is OCC(O)C(O)C(O)C(O)C(Sc1ccccc1)Sc1ccccc1.